The van der Waals surface area contributed by atoms with Crippen LogP contribution in [-0.4, -0.2) is 48.4 Å². The summed E-state index contributed by atoms with van der Waals surface area (Å²) in [5.74, 6) is -1.10. The van der Waals surface area contributed by atoms with Crippen molar-refractivity contribution in [2.45, 2.75) is 81.6 Å². The molecule has 0 aromatic heterocycles. The molecule has 0 heterocycles. The van der Waals surface area contributed by atoms with Crippen molar-refractivity contribution < 1.29 is 34.1 Å². The second-order valence-electron chi connectivity index (χ2n) is 8.37. The molecule has 0 bridgehead atoms. The summed E-state index contributed by atoms with van der Waals surface area (Å²) in [6.45, 7) is 16.6. The SMILES string of the molecule is CCC(C)(C)C(=O)O.CCC(C)(C)C(=O)OC.CCC(C)(C)C(=O)OCCO.PP. The van der Waals surface area contributed by atoms with Crippen molar-refractivity contribution in [3.63, 3.8) is 0 Å². The van der Waals surface area contributed by atoms with E-state index in [1.165, 1.54) is 7.11 Å². The highest BCUT2D eigenvalue weighted by atomic mass is 32.0. The molecule has 0 aliphatic heterocycles. The van der Waals surface area contributed by atoms with Gasteiger partial charge in [-0.15, -0.1) is 17.9 Å². The van der Waals surface area contributed by atoms with Gasteiger partial charge in [0.15, 0.2) is 0 Å². The van der Waals surface area contributed by atoms with Crippen LogP contribution in [0.25, 0.3) is 0 Å². The van der Waals surface area contributed by atoms with Gasteiger partial charge in [0.2, 0.25) is 0 Å². The maximum Gasteiger partial charge on any atom is 0.311 e. The first-order valence-electron chi connectivity index (χ1n) is 10.0. The summed E-state index contributed by atoms with van der Waals surface area (Å²) < 4.78 is 9.32. The Bertz CT molecular complexity index is 476. The molecule has 0 aliphatic carbocycles. The van der Waals surface area contributed by atoms with Crippen molar-refractivity contribution in [3.05, 3.63) is 0 Å². The number of hydrogen-bond donors (Lipinski definition) is 2. The second kappa shape index (κ2) is 19.0. The zero-order valence-corrected chi connectivity index (χ0v) is 22.9. The molecular weight excluding hydrogens is 426 g/mol. The summed E-state index contributed by atoms with van der Waals surface area (Å²) in [5.41, 5.74) is -1.27. The number of aliphatic hydroxyl groups is 1. The zero-order valence-electron chi connectivity index (χ0n) is 20.6. The number of carbonyl (C=O) groups is 3. The molecule has 0 radical (unpaired) electrons. The Kier molecular flexibility index (Phi) is 23.1. The molecule has 182 valence electrons. The lowest BCUT2D eigenvalue weighted by molar-refractivity contribution is -0.155. The highest BCUT2D eigenvalue weighted by Crippen LogP contribution is 2.21. The molecule has 0 rings (SSSR count). The van der Waals surface area contributed by atoms with Crippen LogP contribution in [0.5, 0.6) is 0 Å². The summed E-state index contributed by atoms with van der Waals surface area (Å²) in [6, 6.07) is 0. The Morgan fingerprint density at radius 3 is 1.27 bits per heavy atom. The van der Waals surface area contributed by atoms with Crippen LogP contribution < -0.4 is 0 Å². The van der Waals surface area contributed by atoms with E-state index in [1.54, 1.807) is 13.8 Å². The minimum absolute atomic E-state index is 0.0995. The maximum atomic E-state index is 11.1. The van der Waals surface area contributed by atoms with Crippen LogP contribution in [0.2, 0.25) is 0 Å². The van der Waals surface area contributed by atoms with E-state index in [0.717, 1.165) is 12.8 Å². The van der Waals surface area contributed by atoms with Crippen molar-refractivity contribution in [1.29, 1.82) is 0 Å². The Hall–Kier alpha value is -0.770. The molecule has 0 aliphatic rings. The minimum Gasteiger partial charge on any atom is -0.481 e. The number of aliphatic hydroxyl groups excluding tert-OH is 1. The van der Waals surface area contributed by atoms with E-state index in [4.69, 9.17) is 14.9 Å². The number of carboxylic acid groups (broad SMARTS) is 1. The first kappa shape index (κ1) is 36.6. The predicted octanol–water partition coefficient (Wildman–Crippen LogP) is 4.71. The number of ether oxygens (including phenoxy) is 2. The molecule has 0 spiro atoms. The largest absolute Gasteiger partial charge is 0.481 e. The monoisotopic (exact) mass is 472 g/mol. The van der Waals surface area contributed by atoms with Crippen LogP contribution >= 0.6 is 17.9 Å². The molecule has 0 saturated heterocycles. The van der Waals surface area contributed by atoms with Crippen molar-refractivity contribution in [3.8, 4) is 0 Å². The highest BCUT2D eigenvalue weighted by molar-refractivity contribution is 7.92. The van der Waals surface area contributed by atoms with Gasteiger partial charge in [0.25, 0.3) is 0 Å². The summed E-state index contributed by atoms with van der Waals surface area (Å²) in [7, 11) is 6.08. The minimum atomic E-state index is -0.722. The number of carbonyl (C=O) groups excluding carboxylic acids is 2. The van der Waals surface area contributed by atoms with E-state index in [0.29, 0.717) is 6.42 Å². The standard InChI is InChI=1S/C8H16O3.C7H14O2.C6H12O2.H4P2/c1-4-8(2,3)7(10)11-6-5-9;1-5-7(2,3)6(8)9-4;1-4-6(2,3)5(7)8;1-2/h9H,4-6H2,1-3H3;5H2,1-4H3;4H2,1-3H3,(H,7,8);1-2H2. The van der Waals surface area contributed by atoms with Crippen molar-refractivity contribution in [2.75, 3.05) is 20.3 Å². The van der Waals surface area contributed by atoms with Gasteiger partial charge in [-0.25, -0.2) is 0 Å². The first-order valence-corrected chi connectivity index (χ1v) is 12.7. The van der Waals surface area contributed by atoms with Gasteiger partial charge in [-0.1, -0.05) is 20.8 Å². The van der Waals surface area contributed by atoms with Gasteiger partial charge in [0.1, 0.15) is 6.61 Å². The fraction of sp³-hybridized carbons (Fsp3) is 0.857. The van der Waals surface area contributed by atoms with E-state index < -0.39 is 16.8 Å². The Labute approximate surface area is 188 Å². The lowest BCUT2D eigenvalue weighted by atomic mass is 9.91. The van der Waals surface area contributed by atoms with E-state index in [9.17, 15) is 14.4 Å². The third-order valence-electron chi connectivity index (χ3n) is 4.85. The van der Waals surface area contributed by atoms with Gasteiger partial charge in [0, 0.05) is 0 Å². The highest BCUT2D eigenvalue weighted by Gasteiger charge is 2.27. The van der Waals surface area contributed by atoms with Gasteiger partial charge in [0.05, 0.1) is 30.0 Å². The number of aliphatic carboxylic acids is 1. The molecule has 30 heavy (non-hydrogen) atoms. The van der Waals surface area contributed by atoms with Crippen LogP contribution in [0, 0.1) is 16.2 Å². The molecule has 0 aromatic carbocycles. The predicted molar refractivity (Wildman–Crippen MR) is 129 cm³/mol. The van der Waals surface area contributed by atoms with Crippen LogP contribution in [-0.2, 0) is 23.9 Å². The van der Waals surface area contributed by atoms with Crippen molar-refractivity contribution in [2.24, 2.45) is 16.2 Å². The topological polar surface area (TPSA) is 110 Å². The molecule has 2 atom stereocenters. The van der Waals surface area contributed by atoms with Crippen LogP contribution in [0.1, 0.15) is 81.6 Å². The Balaban J connectivity index is -0.000000164. The second-order valence-corrected chi connectivity index (χ2v) is 8.37. The van der Waals surface area contributed by atoms with Gasteiger partial charge < -0.3 is 19.7 Å². The first-order chi connectivity index (χ1) is 13.6. The van der Waals surface area contributed by atoms with Crippen LogP contribution in [0.15, 0.2) is 0 Å². The normalized spacial score (nSPS) is 10.7. The van der Waals surface area contributed by atoms with E-state index >= 15 is 0 Å². The number of rotatable bonds is 8. The van der Waals surface area contributed by atoms with Crippen molar-refractivity contribution in [1.82, 2.24) is 0 Å². The Morgan fingerprint density at radius 1 is 0.767 bits per heavy atom. The number of methoxy groups -OCH3 is 1. The summed E-state index contributed by atoms with van der Waals surface area (Å²) in [6.07, 6.45) is 2.25. The van der Waals surface area contributed by atoms with Crippen LogP contribution in [0.3, 0.4) is 0 Å². The number of carboxylic acids is 1. The maximum absolute atomic E-state index is 11.1. The number of hydrogen-bond acceptors (Lipinski definition) is 6. The fourth-order valence-electron chi connectivity index (χ4n) is 1.05. The average Bonchev–Trinajstić information content (AvgIpc) is 2.73. The van der Waals surface area contributed by atoms with Gasteiger partial charge in [-0.3, -0.25) is 14.4 Å². The molecule has 0 saturated carbocycles. The molecule has 9 heteroatoms. The number of esters is 2. The van der Waals surface area contributed by atoms with Crippen molar-refractivity contribution >= 4 is 35.8 Å². The lowest BCUT2D eigenvalue weighted by Crippen LogP contribution is -2.26. The average molecular weight is 473 g/mol. The van der Waals surface area contributed by atoms with Gasteiger partial charge >= 0.3 is 17.9 Å². The van der Waals surface area contributed by atoms with Gasteiger partial charge in [-0.2, -0.15) is 0 Å². The third-order valence-corrected chi connectivity index (χ3v) is 4.85. The summed E-state index contributed by atoms with van der Waals surface area (Å²) in [4.78, 5) is 32.2. The Morgan fingerprint density at radius 2 is 1.10 bits per heavy atom. The summed E-state index contributed by atoms with van der Waals surface area (Å²) in [5, 5.41) is 16.8. The quantitative estimate of drug-likeness (QED) is 0.389. The molecule has 2 N–H and O–H groups in total. The van der Waals surface area contributed by atoms with Gasteiger partial charge in [-0.05, 0) is 60.8 Å². The fourth-order valence-corrected chi connectivity index (χ4v) is 1.05. The van der Waals surface area contributed by atoms with E-state index in [2.05, 4.69) is 22.6 Å². The molecule has 0 amide bonds. The summed E-state index contributed by atoms with van der Waals surface area (Å²) >= 11 is 0. The third kappa shape index (κ3) is 18.0. The molecule has 2 unspecified atom stereocenters. The molecule has 7 nitrogen and oxygen atoms in total. The molecular formula is C21H46O7P2. The van der Waals surface area contributed by atoms with Crippen LogP contribution in [0.4, 0.5) is 0 Å². The smallest absolute Gasteiger partial charge is 0.311 e. The molecule has 0 fully saturated rings. The van der Waals surface area contributed by atoms with E-state index in [1.807, 2.05) is 48.5 Å². The molecule has 0 aromatic rings. The zero-order chi connectivity index (χ0) is 25.2. The van der Waals surface area contributed by atoms with E-state index in [-0.39, 0.29) is 30.6 Å². The lowest BCUT2D eigenvalue weighted by Gasteiger charge is -2.19.